The van der Waals surface area contributed by atoms with Gasteiger partial charge < -0.3 is 15.4 Å². The minimum absolute atomic E-state index is 0.139. The standard InChI is InChI=1S/C16H33N3O3S/c1-4-22-12-10-16(8-6-7-9-16)14-19-15(17-3)18-11-13-23(20,21)5-2/h4-14H2,1-3H3,(H2,17,18,19). The highest BCUT2D eigenvalue weighted by Gasteiger charge is 2.33. The van der Waals surface area contributed by atoms with Crippen LogP contribution in [0.4, 0.5) is 0 Å². The van der Waals surface area contributed by atoms with Gasteiger partial charge in [0.05, 0.1) is 5.75 Å². The zero-order chi connectivity index (χ0) is 17.2. The van der Waals surface area contributed by atoms with Gasteiger partial charge in [-0.15, -0.1) is 0 Å². The van der Waals surface area contributed by atoms with Crippen molar-refractivity contribution in [1.29, 1.82) is 0 Å². The van der Waals surface area contributed by atoms with E-state index in [1.807, 2.05) is 6.92 Å². The molecule has 7 heteroatoms. The van der Waals surface area contributed by atoms with E-state index in [0.29, 0.717) is 12.5 Å². The minimum Gasteiger partial charge on any atom is -0.382 e. The van der Waals surface area contributed by atoms with Crippen LogP contribution in [-0.2, 0) is 14.6 Å². The summed E-state index contributed by atoms with van der Waals surface area (Å²) < 4.78 is 28.6. The molecule has 0 saturated heterocycles. The van der Waals surface area contributed by atoms with Gasteiger partial charge in [-0.1, -0.05) is 19.8 Å². The molecular formula is C16H33N3O3S. The van der Waals surface area contributed by atoms with Crippen LogP contribution in [0.15, 0.2) is 4.99 Å². The van der Waals surface area contributed by atoms with Crippen LogP contribution in [0.1, 0.15) is 46.0 Å². The summed E-state index contributed by atoms with van der Waals surface area (Å²) in [5, 5.41) is 6.47. The van der Waals surface area contributed by atoms with Crippen molar-refractivity contribution in [1.82, 2.24) is 10.6 Å². The molecule has 1 aliphatic carbocycles. The predicted octanol–water partition coefficient (Wildman–Crippen LogP) is 1.57. The maximum Gasteiger partial charge on any atom is 0.191 e. The first kappa shape index (κ1) is 20.2. The second-order valence-corrected chi connectivity index (χ2v) is 8.72. The van der Waals surface area contributed by atoms with Crippen LogP contribution in [0, 0.1) is 5.41 Å². The summed E-state index contributed by atoms with van der Waals surface area (Å²) in [5.41, 5.74) is 0.280. The molecule has 0 unspecified atom stereocenters. The first-order valence-corrected chi connectivity index (χ1v) is 10.5. The molecule has 1 fully saturated rings. The molecule has 0 heterocycles. The van der Waals surface area contributed by atoms with Gasteiger partial charge >= 0.3 is 0 Å². The van der Waals surface area contributed by atoms with Crippen LogP contribution >= 0.6 is 0 Å². The van der Waals surface area contributed by atoms with Gasteiger partial charge in [-0.2, -0.15) is 0 Å². The number of aliphatic imine (C=N–C) groups is 1. The minimum atomic E-state index is -2.94. The lowest BCUT2D eigenvalue weighted by molar-refractivity contribution is 0.105. The smallest absolute Gasteiger partial charge is 0.191 e. The maximum atomic E-state index is 11.5. The van der Waals surface area contributed by atoms with Gasteiger partial charge in [-0.25, -0.2) is 8.42 Å². The van der Waals surface area contributed by atoms with Crippen LogP contribution in [0.2, 0.25) is 0 Å². The van der Waals surface area contributed by atoms with Gasteiger partial charge in [-0.3, -0.25) is 4.99 Å². The van der Waals surface area contributed by atoms with E-state index in [1.54, 1.807) is 14.0 Å². The summed E-state index contributed by atoms with van der Waals surface area (Å²) in [6, 6.07) is 0. The summed E-state index contributed by atoms with van der Waals surface area (Å²) >= 11 is 0. The normalized spacial score (nSPS) is 18.1. The molecular weight excluding hydrogens is 314 g/mol. The summed E-state index contributed by atoms with van der Waals surface area (Å²) in [7, 11) is -1.23. The fourth-order valence-electron chi connectivity index (χ4n) is 3.03. The van der Waals surface area contributed by atoms with Crippen molar-refractivity contribution in [2.75, 3.05) is 44.9 Å². The van der Waals surface area contributed by atoms with Crippen LogP contribution in [-0.4, -0.2) is 59.2 Å². The lowest BCUT2D eigenvalue weighted by atomic mass is 9.83. The summed E-state index contributed by atoms with van der Waals surface area (Å²) in [4.78, 5) is 4.19. The summed E-state index contributed by atoms with van der Waals surface area (Å²) in [5.74, 6) is 1.000. The van der Waals surface area contributed by atoms with Crippen molar-refractivity contribution in [2.24, 2.45) is 10.4 Å². The second kappa shape index (κ2) is 10.1. The van der Waals surface area contributed by atoms with Gasteiger partial charge in [0, 0.05) is 39.1 Å². The first-order valence-electron chi connectivity index (χ1n) is 8.69. The predicted molar refractivity (Wildman–Crippen MR) is 95.7 cm³/mol. The number of nitrogens with one attached hydrogen (secondary N) is 2. The summed E-state index contributed by atoms with van der Waals surface area (Å²) in [6.45, 7) is 6.51. The second-order valence-electron chi connectivity index (χ2n) is 6.24. The largest absolute Gasteiger partial charge is 0.382 e. The molecule has 0 radical (unpaired) electrons. The fourth-order valence-corrected chi connectivity index (χ4v) is 3.74. The Balaban J connectivity index is 2.42. The van der Waals surface area contributed by atoms with Gasteiger partial charge in [0.1, 0.15) is 0 Å². The Labute approximate surface area is 141 Å². The van der Waals surface area contributed by atoms with Gasteiger partial charge in [0.15, 0.2) is 15.8 Å². The number of nitrogens with zero attached hydrogens (tertiary/aromatic N) is 1. The molecule has 2 N–H and O–H groups in total. The number of ether oxygens (including phenoxy) is 1. The number of sulfone groups is 1. The average molecular weight is 348 g/mol. The van der Waals surface area contributed by atoms with E-state index in [4.69, 9.17) is 4.74 Å². The lowest BCUT2D eigenvalue weighted by Gasteiger charge is -2.30. The quantitative estimate of drug-likeness (QED) is 0.356. The maximum absolute atomic E-state index is 11.5. The zero-order valence-corrected chi connectivity index (χ0v) is 15.7. The van der Waals surface area contributed by atoms with E-state index in [2.05, 4.69) is 15.6 Å². The van der Waals surface area contributed by atoms with Crippen molar-refractivity contribution in [2.45, 2.75) is 46.0 Å². The molecule has 0 spiro atoms. The van der Waals surface area contributed by atoms with Gasteiger partial charge in [-0.05, 0) is 31.6 Å². The van der Waals surface area contributed by atoms with Crippen LogP contribution < -0.4 is 10.6 Å². The third kappa shape index (κ3) is 7.52. The molecule has 0 amide bonds. The molecule has 136 valence electrons. The Hall–Kier alpha value is -0.820. The highest BCUT2D eigenvalue weighted by atomic mass is 32.2. The summed E-state index contributed by atoms with van der Waals surface area (Å²) in [6.07, 6.45) is 6.04. The molecule has 0 aromatic rings. The van der Waals surface area contributed by atoms with Crippen LogP contribution in [0.3, 0.4) is 0 Å². The molecule has 1 saturated carbocycles. The monoisotopic (exact) mass is 347 g/mol. The Kier molecular flexibility index (Phi) is 8.91. The molecule has 0 aliphatic heterocycles. The average Bonchev–Trinajstić information content (AvgIpc) is 3.00. The first-order chi connectivity index (χ1) is 11.0. The molecule has 1 rings (SSSR count). The molecule has 1 aliphatic rings. The van der Waals surface area contributed by atoms with Gasteiger partial charge in [0.2, 0.25) is 0 Å². The lowest BCUT2D eigenvalue weighted by Crippen LogP contribution is -2.44. The number of guanidine groups is 1. The Morgan fingerprint density at radius 3 is 2.48 bits per heavy atom. The molecule has 0 aromatic carbocycles. The molecule has 0 bridgehead atoms. The topological polar surface area (TPSA) is 79.8 Å². The van der Waals surface area contributed by atoms with Gasteiger partial charge in [0.25, 0.3) is 0 Å². The molecule has 6 nitrogen and oxygen atoms in total. The van der Waals surface area contributed by atoms with E-state index in [1.165, 1.54) is 25.7 Å². The zero-order valence-electron chi connectivity index (χ0n) is 14.9. The third-order valence-corrected chi connectivity index (χ3v) is 6.35. The Morgan fingerprint density at radius 1 is 1.22 bits per heavy atom. The number of hydrogen-bond donors (Lipinski definition) is 2. The van der Waals surface area contributed by atoms with E-state index >= 15 is 0 Å². The van der Waals surface area contributed by atoms with E-state index in [0.717, 1.165) is 26.2 Å². The van der Waals surface area contributed by atoms with E-state index in [-0.39, 0.29) is 16.9 Å². The molecule has 0 atom stereocenters. The van der Waals surface area contributed by atoms with Crippen molar-refractivity contribution in [3.63, 3.8) is 0 Å². The van der Waals surface area contributed by atoms with Crippen molar-refractivity contribution in [3.8, 4) is 0 Å². The SMILES string of the molecule is CCOCCC1(CNC(=NC)NCCS(=O)(=O)CC)CCCC1. The van der Waals surface area contributed by atoms with Crippen molar-refractivity contribution in [3.05, 3.63) is 0 Å². The Bertz CT molecular complexity index is 457. The third-order valence-electron chi connectivity index (χ3n) is 4.64. The molecule has 23 heavy (non-hydrogen) atoms. The fraction of sp³-hybridized carbons (Fsp3) is 0.938. The van der Waals surface area contributed by atoms with Crippen molar-refractivity contribution < 1.29 is 13.2 Å². The van der Waals surface area contributed by atoms with Crippen molar-refractivity contribution >= 4 is 15.8 Å². The number of rotatable bonds is 10. The number of hydrogen-bond acceptors (Lipinski definition) is 4. The van der Waals surface area contributed by atoms with E-state index < -0.39 is 9.84 Å². The Morgan fingerprint density at radius 2 is 1.91 bits per heavy atom. The molecule has 0 aromatic heterocycles. The highest BCUT2D eigenvalue weighted by molar-refractivity contribution is 7.91. The van der Waals surface area contributed by atoms with Crippen LogP contribution in [0.25, 0.3) is 0 Å². The van der Waals surface area contributed by atoms with Crippen LogP contribution in [0.5, 0.6) is 0 Å². The van der Waals surface area contributed by atoms with E-state index in [9.17, 15) is 8.42 Å². The highest BCUT2D eigenvalue weighted by Crippen LogP contribution is 2.40.